The van der Waals surface area contributed by atoms with Gasteiger partial charge in [0.25, 0.3) is 0 Å². The number of hydrogen-bond donors (Lipinski definition) is 3. The van der Waals surface area contributed by atoms with Crippen molar-refractivity contribution in [1.29, 1.82) is 0 Å². The maximum absolute atomic E-state index is 14.1. The normalized spacial score (nSPS) is 10.7. The molecule has 3 rings (SSSR count). The average molecular weight is 382 g/mol. The number of hydrogen-bond acceptors (Lipinski definition) is 5. The number of ether oxygens (including phenoxy) is 1. The van der Waals surface area contributed by atoms with Gasteiger partial charge in [0, 0.05) is 36.6 Å². The van der Waals surface area contributed by atoms with E-state index in [2.05, 4.69) is 20.6 Å². The van der Waals surface area contributed by atoms with Crippen LogP contribution in [-0.4, -0.2) is 37.0 Å². The van der Waals surface area contributed by atoms with Crippen LogP contribution in [0.1, 0.15) is 21.6 Å². The number of aromatic nitrogens is 2. The zero-order valence-electron chi connectivity index (χ0n) is 16.1. The first-order valence-electron chi connectivity index (χ1n) is 8.95. The Kier molecular flexibility index (Phi) is 6.06. The quantitative estimate of drug-likeness (QED) is 0.516. The summed E-state index contributed by atoms with van der Waals surface area (Å²) in [6.07, 6.45) is 4.92. The summed E-state index contributed by atoms with van der Waals surface area (Å²) in [6, 6.07) is 6.51. The summed E-state index contributed by atoms with van der Waals surface area (Å²) < 4.78 is 19.3. The Morgan fingerprint density at radius 2 is 2.14 bits per heavy atom. The third-order valence-corrected chi connectivity index (χ3v) is 4.58. The van der Waals surface area contributed by atoms with E-state index in [9.17, 15) is 9.18 Å². The number of rotatable bonds is 8. The molecule has 2 heterocycles. The Morgan fingerprint density at radius 1 is 1.32 bits per heavy atom. The summed E-state index contributed by atoms with van der Waals surface area (Å²) in [6.45, 7) is 2.66. The molecular weight excluding hydrogens is 359 g/mol. The number of likely N-dealkylation sites (N-methyl/N-ethyl adjacent to an activating group) is 1. The minimum atomic E-state index is -0.479. The maximum Gasteiger partial charge on any atom is 0.177 e. The highest BCUT2D eigenvalue weighted by Gasteiger charge is 2.21. The lowest BCUT2D eigenvalue weighted by molar-refractivity contribution is 0.112. The largest absolute Gasteiger partial charge is 0.492 e. The molecule has 3 aromatic rings. The number of methoxy groups -OCH3 is 1. The molecule has 3 N–H and O–H groups in total. The molecule has 0 saturated carbocycles. The van der Waals surface area contributed by atoms with E-state index in [1.807, 2.05) is 20.0 Å². The number of nitrogens with zero attached hydrogens (tertiary/aromatic N) is 1. The predicted octanol–water partition coefficient (Wildman–Crippen LogP) is 3.85. The van der Waals surface area contributed by atoms with Crippen molar-refractivity contribution in [1.82, 2.24) is 15.3 Å². The van der Waals surface area contributed by atoms with Crippen LogP contribution in [0.3, 0.4) is 0 Å². The van der Waals surface area contributed by atoms with E-state index >= 15 is 0 Å². The Bertz CT molecular complexity index is 985. The van der Waals surface area contributed by atoms with Gasteiger partial charge < -0.3 is 20.4 Å². The van der Waals surface area contributed by atoms with Gasteiger partial charge in [-0.15, -0.1) is 0 Å². The summed E-state index contributed by atoms with van der Waals surface area (Å²) in [5, 5.41) is 6.29. The molecule has 0 bridgehead atoms. The highest BCUT2D eigenvalue weighted by Crippen LogP contribution is 2.38. The van der Waals surface area contributed by atoms with Crippen molar-refractivity contribution >= 4 is 17.7 Å². The Hall–Kier alpha value is -3.19. The third-order valence-electron chi connectivity index (χ3n) is 4.58. The second kappa shape index (κ2) is 8.67. The number of aromatic amines is 1. The molecule has 0 aliphatic carbocycles. The highest BCUT2D eigenvalue weighted by molar-refractivity contribution is 5.96. The zero-order valence-corrected chi connectivity index (χ0v) is 16.1. The van der Waals surface area contributed by atoms with Crippen molar-refractivity contribution in [2.24, 2.45) is 0 Å². The molecule has 0 amide bonds. The van der Waals surface area contributed by atoms with Gasteiger partial charge in [0.05, 0.1) is 29.7 Å². The van der Waals surface area contributed by atoms with E-state index in [1.54, 1.807) is 24.5 Å². The molecule has 0 saturated heterocycles. The molecular formula is C21H23FN4O2. The lowest BCUT2D eigenvalue weighted by Gasteiger charge is -2.14. The van der Waals surface area contributed by atoms with Crippen LogP contribution in [0, 0.1) is 12.7 Å². The molecule has 0 aliphatic rings. The van der Waals surface area contributed by atoms with Gasteiger partial charge in [0.2, 0.25) is 0 Å². The monoisotopic (exact) mass is 382 g/mol. The van der Waals surface area contributed by atoms with Gasteiger partial charge >= 0.3 is 0 Å². The first-order chi connectivity index (χ1) is 13.6. The fourth-order valence-electron chi connectivity index (χ4n) is 3.18. The van der Waals surface area contributed by atoms with Gasteiger partial charge in [-0.3, -0.25) is 9.78 Å². The van der Waals surface area contributed by atoms with Crippen molar-refractivity contribution in [3.63, 3.8) is 0 Å². The first-order valence-corrected chi connectivity index (χ1v) is 8.95. The topological polar surface area (TPSA) is 79.0 Å². The summed E-state index contributed by atoms with van der Waals surface area (Å²) >= 11 is 0. The Labute approximate surface area is 163 Å². The van der Waals surface area contributed by atoms with Crippen molar-refractivity contribution in [2.75, 3.05) is 26.0 Å². The Balaban J connectivity index is 2.18. The van der Waals surface area contributed by atoms with Crippen LogP contribution >= 0.6 is 0 Å². The van der Waals surface area contributed by atoms with Gasteiger partial charge in [-0.2, -0.15) is 0 Å². The lowest BCUT2D eigenvalue weighted by Crippen LogP contribution is -2.11. The van der Waals surface area contributed by atoms with E-state index < -0.39 is 5.82 Å². The molecule has 0 fully saturated rings. The van der Waals surface area contributed by atoms with Crippen molar-refractivity contribution in [2.45, 2.75) is 13.3 Å². The molecule has 28 heavy (non-hydrogen) atoms. The van der Waals surface area contributed by atoms with Gasteiger partial charge in [-0.05, 0) is 37.7 Å². The van der Waals surface area contributed by atoms with E-state index in [-0.39, 0.29) is 5.75 Å². The zero-order chi connectivity index (χ0) is 20.1. The van der Waals surface area contributed by atoms with Gasteiger partial charge in [0.15, 0.2) is 17.9 Å². The molecule has 1 aromatic carbocycles. The second-order valence-corrected chi connectivity index (χ2v) is 6.37. The molecule has 0 radical (unpaired) electrons. The third kappa shape index (κ3) is 3.75. The minimum absolute atomic E-state index is 0.0923. The summed E-state index contributed by atoms with van der Waals surface area (Å²) in [5.41, 5.74) is 4.94. The summed E-state index contributed by atoms with van der Waals surface area (Å²) in [7, 11) is 3.27. The number of halogens is 1. The van der Waals surface area contributed by atoms with Gasteiger partial charge in [-0.1, -0.05) is 6.07 Å². The molecule has 7 heteroatoms. The molecule has 0 spiro atoms. The maximum atomic E-state index is 14.1. The number of H-pyrrole nitrogens is 1. The van der Waals surface area contributed by atoms with Crippen LogP contribution in [0.5, 0.6) is 5.75 Å². The molecule has 6 nitrogen and oxygen atoms in total. The number of nitrogens with one attached hydrogen (secondary N) is 3. The Morgan fingerprint density at radius 3 is 2.82 bits per heavy atom. The molecule has 0 unspecified atom stereocenters. The minimum Gasteiger partial charge on any atom is -0.492 e. The summed E-state index contributed by atoms with van der Waals surface area (Å²) in [4.78, 5) is 19.5. The lowest BCUT2D eigenvalue weighted by atomic mass is 10.1. The molecule has 2 aromatic heterocycles. The SMILES string of the molecule is CNCCc1[nH]c(-c2ccncc2C)c(Nc2cccc(F)c2OC)c1C=O. The molecule has 0 aliphatic heterocycles. The number of benzene rings is 1. The van der Waals surface area contributed by atoms with Crippen molar-refractivity contribution in [3.05, 3.63) is 59.3 Å². The van der Waals surface area contributed by atoms with E-state index in [1.165, 1.54) is 13.2 Å². The summed E-state index contributed by atoms with van der Waals surface area (Å²) in [5.74, 6) is -0.387. The molecule has 0 atom stereocenters. The van der Waals surface area contributed by atoms with Crippen LogP contribution in [0.25, 0.3) is 11.3 Å². The number of pyridine rings is 1. The van der Waals surface area contributed by atoms with E-state index in [4.69, 9.17) is 4.74 Å². The van der Waals surface area contributed by atoms with Crippen LogP contribution in [0.15, 0.2) is 36.7 Å². The highest BCUT2D eigenvalue weighted by atomic mass is 19.1. The van der Waals surface area contributed by atoms with Crippen LogP contribution < -0.4 is 15.4 Å². The van der Waals surface area contributed by atoms with Crippen LogP contribution in [0.2, 0.25) is 0 Å². The predicted molar refractivity (Wildman–Crippen MR) is 108 cm³/mol. The van der Waals surface area contributed by atoms with Crippen molar-refractivity contribution in [3.8, 4) is 17.0 Å². The van der Waals surface area contributed by atoms with Crippen LogP contribution in [0.4, 0.5) is 15.8 Å². The number of aldehydes is 1. The first kappa shape index (κ1) is 19.6. The second-order valence-electron chi connectivity index (χ2n) is 6.37. The van der Waals surface area contributed by atoms with Gasteiger partial charge in [0.1, 0.15) is 0 Å². The van der Waals surface area contributed by atoms with Crippen molar-refractivity contribution < 1.29 is 13.9 Å². The average Bonchev–Trinajstić information content (AvgIpc) is 3.04. The molecule has 146 valence electrons. The fourth-order valence-corrected chi connectivity index (χ4v) is 3.18. The number of para-hydroxylation sites is 1. The number of anilines is 2. The number of carbonyl (C=O) groups is 1. The smallest absolute Gasteiger partial charge is 0.177 e. The van der Waals surface area contributed by atoms with E-state index in [0.29, 0.717) is 29.9 Å². The van der Waals surface area contributed by atoms with Crippen LogP contribution in [-0.2, 0) is 6.42 Å². The number of aryl methyl sites for hydroxylation is 1. The fraction of sp³-hybridized carbons (Fsp3) is 0.238. The van der Waals surface area contributed by atoms with Gasteiger partial charge in [-0.25, -0.2) is 4.39 Å². The van der Waals surface area contributed by atoms with E-state index in [0.717, 1.165) is 28.8 Å². The number of carbonyl (C=O) groups excluding carboxylic acids is 1. The standard InChI is InChI=1S/C21H23FN4O2/c1-13-11-24-10-7-14(13)19-20(15(12-27)17(25-19)8-9-23-2)26-18-6-4-5-16(22)21(18)28-3/h4-7,10-12,23,25-26H,8-9H2,1-3H3.